The van der Waals surface area contributed by atoms with E-state index in [9.17, 15) is 4.79 Å². The molecule has 0 aliphatic rings. The van der Waals surface area contributed by atoms with Gasteiger partial charge < -0.3 is 10.6 Å². The van der Waals surface area contributed by atoms with Crippen molar-refractivity contribution in [2.24, 2.45) is 0 Å². The minimum Gasteiger partial charge on any atom is -0.387 e. The molecule has 2 rings (SSSR count). The first kappa shape index (κ1) is 15.0. The normalized spacial score (nSPS) is 10.2. The van der Waals surface area contributed by atoms with Gasteiger partial charge in [0.15, 0.2) is 0 Å². The van der Waals surface area contributed by atoms with E-state index in [0.717, 1.165) is 20.2 Å². The highest BCUT2D eigenvalue weighted by Gasteiger charge is 2.12. The average Bonchev–Trinajstić information content (AvgIpc) is 2.42. The van der Waals surface area contributed by atoms with Gasteiger partial charge in [0.25, 0.3) is 5.91 Å². The van der Waals surface area contributed by atoms with E-state index in [-0.39, 0.29) is 5.91 Å². The Morgan fingerprint density at radius 2 is 1.85 bits per heavy atom. The van der Waals surface area contributed by atoms with Crippen LogP contribution in [-0.4, -0.2) is 17.9 Å². The summed E-state index contributed by atoms with van der Waals surface area (Å²) in [4.78, 5) is 16.3. The largest absolute Gasteiger partial charge is 0.387 e. The summed E-state index contributed by atoms with van der Waals surface area (Å²) in [5.74, 6) is -0.252. The number of rotatable bonds is 3. The van der Waals surface area contributed by atoms with Gasteiger partial charge in [-0.1, -0.05) is 0 Å². The van der Waals surface area contributed by atoms with Crippen LogP contribution in [0.2, 0.25) is 0 Å². The summed E-state index contributed by atoms with van der Waals surface area (Å²) in [5, 5.41) is 5.80. The van der Waals surface area contributed by atoms with Crippen LogP contribution in [0.4, 0.5) is 11.4 Å². The molecule has 0 fully saturated rings. The molecule has 0 spiro atoms. The van der Waals surface area contributed by atoms with Crippen molar-refractivity contribution in [2.75, 3.05) is 17.7 Å². The number of halogens is 2. The zero-order chi connectivity index (χ0) is 14.7. The van der Waals surface area contributed by atoms with Gasteiger partial charge in [-0.2, -0.15) is 0 Å². The maximum Gasteiger partial charge on any atom is 0.274 e. The van der Waals surface area contributed by atoms with E-state index in [4.69, 9.17) is 0 Å². The second kappa shape index (κ2) is 6.37. The molecule has 0 bridgehead atoms. The number of hydrogen-bond acceptors (Lipinski definition) is 3. The molecule has 1 heterocycles. The molecule has 4 nitrogen and oxygen atoms in total. The van der Waals surface area contributed by atoms with Crippen molar-refractivity contribution in [3.8, 4) is 0 Å². The smallest absolute Gasteiger partial charge is 0.274 e. The number of carbonyl (C=O) groups excluding carboxylic acids is 1. The number of pyridine rings is 1. The first-order valence-corrected chi connectivity index (χ1v) is 7.50. The fourth-order valence-electron chi connectivity index (χ4n) is 1.67. The second-order valence-corrected chi connectivity index (χ2v) is 5.95. The Bertz CT molecular complexity index is 618. The van der Waals surface area contributed by atoms with Crippen LogP contribution in [0, 0.1) is 6.92 Å². The minimum absolute atomic E-state index is 0.252. The molecule has 0 saturated heterocycles. The summed E-state index contributed by atoms with van der Waals surface area (Å²) < 4.78 is 1.65. The molecule has 104 valence electrons. The first-order chi connectivity index (χ1) is 9.51. The van der Waals surface area contributed by atoms with Gasteiger partial charge in [-0.05, 0) is 68.6 Å². The molecule has 0 saturated carbocycles. The van der Waals surface area contributed by atoms with Crippen molar-refractivity contribution in [3.63, 3.8) is 0 Å². The molecule has 20 heavy (non-hydrogen) atoms. The van der Waals surface area contributed by atoms with Crippen molar-refractivity contribution in [1.29, 1.82) is 0 Å². The third-order valence-corrected chi connectivity index (χ3v) is 3.96. The number of aryl methyl sites for hydroxylation is 1. The molecule has 0 atom stereocenters. The maximum absolute atomic E-state index is 12.2. The van der Waals surface area contributed by atoms with Crippen LogP contribution in [0.25, 0.3) is 0 Å². The second-order valence-electron chi connectivity index (χ2n) is 4.24. The fourth-order valence-corrected chi connectivity index (χ4v) is 3.29. The Morgan fingerprint density at radius 1 is 1.20 bits per heavy atom. The molecule has 2 aromatic rings. The summed E-state index contributed by atoms with van der Waals surface area (Å²) >= 11 is 6.89. The molecule has 0 radical (unpaired) electrons. The lowest BCUT2D eigenvalue weighted by atomic mass is 10.2. The molecular weight excluding hydrogens is 386 g/mol. The Hall–Kier alpha value is -1.40. The summed E-state index contributed by atoms with van der Waals surface area (Å²) in [6.07, 6.45) is 1.62. The average molecular weight is 399 g/mol. The Balaban J connectivity index is 2.23. The molecule has 0 aliphatic carbocycles. The maximum atomic E-state index is 12.2. The fraction of sp³-hybridized carbons (Fsp3) is 0.143. The van der Waals surface area contributed by atoms with Crippen molar-refractivity contribution in [2.45, 2.75) is 6.92 Å². The number of benzene rings is 1. The van der Waals surface area contributed by atoms with Crippen molar-refractivity contribution in [1.82, 2.24) is 4.98 Å². The van der Waals surface area contributed by atoms with Crippen LogP contribution in [0.5, 0.6) is 0 Å². The Morgan fingerprint density at radius 3 is 2.35 bits per heavy atom. The number of carbonyl (C=O) groups is 1. The number of aromatic nitrogens is 1. The Labute approximate surface area is 134 Å². The van der Waals surface area contributed by atoms with Crippen molar-refractivity contribution < 1.29 is 4.79 Å². The van der Waals surface area contributed by atoms with E-state index in [2.05, 4.69) is 47.5 Å². The van der Waals surface area contributed by atoms with Gasteiger partial charge in [0.2, 0.25) is 0 Å². The third kappa shape index (κ3) is 3.37. The quantitative estimate of drug-likeness (QED) is 0.814. The van der Waals surface area contributed by atoms with Crippen LogP contribution >= 0.6 is 31.9 Å². The van der Waals surface area contributed by atoms with Gasteiger partial charge in [0.1, 0.15) is 5.69 Å². The number of anilines is 2. The third-order valence-electron chi connectivity index (χ3n) is 2.71. The number of hydrogen-bond donors (Lipinski definition) is 2. The van der Waals surface area contributed by atoms with E-state index >= 15 is 0 Å². The van der Waals surface area contributed by atoms with Gasteiger partial charge in [0.05, 0.1) is 17.6 Å². The summed E-state index contributed by atoms with van der Waals surface area (Å²) in [5.41, 5.74) is 3.01. The lowest BCUT2D eigenvalue weighted by Gasteiger charge is -2.10. The molecule has 0 unspecified atom stereocenters. The lowest BCUT2D eigenvalue weighted by molar-refractivity contribution is 0.102. The van der Waals surface area contributed by atoms with Crippen LogP contribution in [0.15, 0.2) is 39.4 Å². The number of nitrogens with one attached hydrogen (secondary N) is 2. The standard InChI is InChI=1S/C14H13Br2N3O/c1-8-5-10(15)13(11(16)6-8)19-14(20)12-4-3-9(17-2)7-18-12/h3-7,17H,1-2H3,(H,19,20). The molecule has 6 heteroatoms. The zero-order valence-corrected chi connectivity index (χ0v) is 14.2. The molecule has 1 aromatic carbocycles. The zero-order valence-electron chi connectivity index (χ0n) is 11.0. The van der Waals surface area contributed by atoms with Crippen molar-refractivity contribution >= 4 is 49.1 Å². The number of nitrogens with zero attached hydrogens (tertiary/aromatic N) is 1. The molecule has 2 N–H and O–H groups in total. The summed E-state index contributed by atoms with van der Waals surface area (Å²) in [6, 6.07) is 7.37. The van der Waals surface area contributed by atoms with Gasteiger partial charge in [-0.3, -0.25) is 4.79 Å². The monoisotopic (exact) mass is 397 g/mol. The first-order valence-electron chi connectivity index (χ1n) is 5.92. The minimum atomic E-state index is -0.252. The van der Waals surface area contributed by atoms with E-state index in [1.54, 1.807) is 25.4 Å². The highest BCUT2D eigenvalue weighted by molar-refractivity contribution is 9.11. The van der Waals surface area contributed by atoms with Gasteiger partial charge in [-0.15, -0.1) is 0 Å². The highest BCUT2D eigenvalue weighted by Crippen LogP contribution is 2.32. The SMILES string of the molecule is CNc1ccc(C(=O)Nc2c(Br)cc(C)cc2Br)nc1. The van der Waals surface area contributed by atoms with Gasteiger partial charge in [0, 0.05) is 16.0 Å². The Kier molecular flexibility index (Phi) is 4.77. The predicted octanol–water partition coefficient (Wildman–Crippen LogP) is 4.21. The molecule has 1 aromatic heterocycles. The van der Waals surface area contributed by atoms with Gasteiger partial charge in [-0.25, -0.2) is 4.98 Å². The topological polar surface area (TPSA) is 54.0 Å². The summed E-state index contributed by atoms with van der Waals surface area (Å²) in [6.45, 7) is 1.99. The van der Waals surface area contributed by atoms with Crippen molar-refractivity contribution in [3.05, 3.63) is 50.7 Å². The molecular formula is C14H13Br2N3O. The van der Waals surface area contributed by atoms with Crippen LogP contribution in [0.3, 0.4) is 0 Å². The van der Waals surface area contributed by atoms with Crippen LogP contribution in [-0.2, 0) is 0 Å². The van der Waals surface area contributed by atoms with E-state index < -0.39 is 0 Å². The van der Waals surface area contributed by atoms with E-state index in [1.165, 1.54) is 0 Å². The van der Waals surface area contributed by atoms with E-state index in [1.807, 2.05) is 19.1 Å². The molecule has 1 amide bonds. The van der Waals surface area contributed by atoms with E-state index in [0.29, 0.717) is 11.4 Å². The lowest BCUT2D eigenvalue weighted by Crippen LogP contribution is -2.14. The van der Waals surface area contributed by atoms with Gasteiger partial charge >= 0.3 is 0 Å². The van der Waals surface area contributed by atoms with Crippen LogP contribution < -0.4 is 10.6 Å². The molecule has 0 aliphatic heterocycles. The highest BCUT2D eigenvalue weighted by atomic mass is 79.9. The summed E-state index contributed by atoms with van der Waals surface area (Å²) in [7, 11) is 1.80. The number of amides is 1. The predicted molar refractivity (Wildman–Crippen MR) is 88.3 cm³/mol. The van der Waals surface area contributed by atoms with Crippen LogP contribution in [0.1, 0.15) is 16.1 Å².